The monoisotopic (exact) mass is 260 g/mol. The molecule has 0 saturated carbocycles. The lowest BCUT2D eigenvalue weighted by Crippen LogP contribution is -2.29. The number of aromatic nitrogens is 1. The van der Waals surface area contributed by atoms with Crippen molar-refractivity contribution in [3.05, 3.63) is 36.7 Å². The summed E-state index contributed by atoms with van der Waals surface area (Å²) in [5, 5.41) is 5.94. The van der Waals surface area contributed by atoms with Gasteiger partial charge in [-0.1, -0.05) is 12.1 Å². The van der Waals surface area contributed by atoms with Crippen molar-refractivity contribution >= 4 is 27.3 Å². The van der Waals surface area contributed by atoms with Crippen LogP contribution in [0.1, 0.15) is 12.8 Å². The smallest absolute Gasteiger partial charge is 0.0423 e. The Morgan fingerprint density at radius 3 is 2.89 bits per heavy atom. The lowest BCUT2D eigenvalue weighted by molar-refractivity contribution is 0.624. The minimum Gasteiger partial charge on any atom is -0.382 e. The molecule has 0 unspecified atom stereocenters. The predicted molar refractivity (Wildman–Crippen MR) is 76.3 cm³/mol. The Morgan fingerprint density at radius 1 is 1.22 bits per heavy atom. The Bertz CT molecular complexity index is 570. The average molecular weight is 260 g/mol. The van der Waals surface area contributed by atoms with E-state index in [1.807, 2.05) is 24.5 Å². The van der Waals surface area contributed by atoms with Crippen molar-refractivity contribution in [2.24, 2.45) is 0 Å². The van der Waals surface area contributed by atoms with E-state index in [2.05, 4.69) is 22.4 Å². The molecule has 94 valence electrons. The van der Waals surface area contributed by atoms with Gasteiger partial charge in [0.05, 0.1) is 0 Å². The largest absolute Gasteiger partial charge is 0.382 e. The van der Waals surface area contributed by atoms with E-state index in [0.717, 1.165) is 35.4 Å². The number of pyridine rings is 1. The molecule has 1 fully saturated rings. The van der Waals surface area contributed by atoms with Gasteiger partial charge in [0.1, 0.15) is 0 Å². The molecule has 3 rings (SSSR count). The van der Waals surface area contributed by atoms with Crippen LogP contribution in [0.5, 0.6) is 0 Å². The van der Waals surface area contributed by atoms with Crippen LogP contribution in [0.4, 0.5) is 5.69 Å². The van der Waals surface area contributed by atoms with Crippen molar-refractivity contribution in [2.75, 3.05) is 16.8 Å². The first kappa shape index (κ1) is 11.7. The highest BCUT2D eigenvalue weighted by molar-refractivity contribution is 7.85. The summed E-state index contributed by atoms with van der Waals surface area (Å²) in [4.78, 5) is 4.14. The summed E-state index contributed by atoms with van der Waals surface area (Å²) >= 11 is 0. The second kappa shape index (κ2) is 5.06. The number of rotatable bonds is 2. The molecular weight excluding hydrogens is 244 g/mol. The van der Waals surface area contributed by atoms with Crippen LogP contribution in [0.15, 0.2) is 36.7 Å². The van der Waals surface area contributed by atoms with Gasteiger partial charge in [0.25, 0.3) is 0 Å². The number of fused-ring (bicyclic) bond motifs is 1. The van der Waals surface area contributed by atoms with Crippen LogP contribution in [0.25, 0.3) is 10.8 Å². The Morgan fingerprint density at radius 2 is 2.06 bits per heavy atom. The normalized spacial score (nSPS) is 24.0. The highest BCUT2D eigenvalue weighted by Gasteiger charge is 2.17. The van der Waals surface area contributed by atoms with Gasteiger partial charge in [-0.15, -0.1) is 0 Å². The Kier molecular flexibility index (Phi) is 3.28. The van der Waals surface area contributed by atoms with Crippen molar-refractivity contribution in [1.29, 1.82) is 0 Å². The van der Waals surface area contributed by atoms with E-state index >= 15 is 0 Å². The van der Waals surface area contributed by atoms with Crippen molar-refractivity contribution in [3.63, 3.8) is 0 Å². The average Bonchev–Trinajstić information content (AvgIpc) is 2.42. The number of anilines is 1. The van der Waals surface area contributed by atoms with Gasteiger partial charge in [-0.05, 0) is 25.0 Å². The molecule has 3 nitrogen and oxygen atoms in total. The molecule has 1 saturated heterocycles. The van der Waals surface area contributed by atoms with Crippen LogP contribution in [0, 0.1) is 0 Å². The van der Waals surface area contributed by atoms with E-state index < -0.39 is 10.8 Å². The number of nitrogens with one attached hydrogen (secondary N) is 1. The number of nitrogens with zero attached hydrogens (tertiary/aromatic N) is 1. The van der Waals surface area contributed by atoms with Gasteiger partial charge < -0.3 is 5.32 Å². The van der Waals surface area contributed by atoms with Gasteiger partial charge in [0, 0.05) is 57.2 Å². The lowest BCUT2D eigenvalue weighted by atomic mass is 10.1. The highest BCUT2D eigenvalue weighted by Crippen LogP contribution is 2.24. The maximum Gasteiger partial charge on any atom is 0.0423 e. The van der Waals surface area contributed by atoms with Crippen LogP contribution in [-0.2, 0) is 10.8 Å². The fourth-order valence-electron chi connectivity index (χ4n) is 2.41. The van der Waals surface area contributed by atoms with Crippen LogP contribution < -0.4 is 5.32 Å². The fourth-order valence-corrected chi connectivity index (χ4v) is 3.71. The van der Waals surface area contributed by atoms with E-state index in [-0.39, 0.29) is 0 Å². The maximum atomic E-state index is 11.3. The zero-order valence-corrected chi connectivity index (χ0v) is 11.0. The maximum absolute atomic E-state index is 11.3. The Balaban J connectivity index is 1.84. The molecule has 0 atom stereocenters. The first-order valence-electron chi connectivity index (χ1n) is 6.27. The molecule has 1 aliphatic rings. The first-order chi connectivity index (χ1) is 8.83. The predicted octanol–water partition coefficient (Wildman–Crippen LogP) is 2.56. The number of benzene rings is 1. The molecule has 0 spiro atoms. The highest BCUT2D eigenvalue weighted by atomic mass is 32.2. The number of hydrogen-bond donors (Lipinski definition) is 1. The van der Waals surface area contributed by atoms with Crippen molar-refractivity contribution in [3.8, 4) is 0 Å². The molecule has 1 aromatic carbocycles. The summed E-state index contributed by atoms with van der Waals surface area (Å²) in [5.41, 5.74) is 1.16. The quantitative estimate of drug-likeness (QED) is 0.902. The first-order valence-corrected chi connectivity index (χ1v) is 7.76. The molecular formula is C14H16N2OS. The summed E-state index contributed by atoms with van der Waals surface area (Å²) in [6, 6.07) is 8.71. The van der Waals surface area contributed by atoms with Gasteiger partial charge in [-0.2, -0.15) is 0 Å². The standard InChI is InChI=1S/C14H16N2OS/c17-18-8-5-12(6-9-18)16-14-3-1-2-11-10-15-7-4-13(11)14/h1-4,7,10,12,16H,5-6,8-9H2. The summed E-state index contributed by atoms with van der Waals surface area (Å²) < 4.78 is 11.3. The minimum absolute atomic E-state index is 0.446. The van der Waals surface area contributed by atoms with E-state index in [4.69, 9.17) is 0 Å². The molecule has 0 aliphatic carbocycles. The molecule has 0 bridgehead atoms. The van der Waals surface area contributed by atoms with Gasteiger partial charge in [-0.3, -0.25) is 9.19 Å². The van der Waals surface area contributed by atoms with Crippen molar-refractivity contribution in [1.82, 2.24) is 4.98 Å². The molecule has 2 heterocycles. The second-order valence-corrected chi connectivity index (χ2v) is 6.37. The summed E-state index contributed by atoms with van der Waals surface area (Å²) in [5.74, 6) is 1.65. The van der Waals surface area contributed by atoms with E-state index in [1.54, 1.807) is 0 Å². The van der Waals surface area contributed by atoms with Gasteiger partial charge in [0.2, 0.25) is 0 Å². The fraction of sp³-hybridized carbons (Fsp3) is 0.357. The molecule has 1 aromatic heterocycles. The third kappa shape index (κ3) is 2.38. The molecule has 1 N–H and O–H groups in total. The third-order valence-corrected chi connectivity index (χ3v) is 4.81. The zero-order chi connectivity index (χ0) is 12.4. The van der Waals surface area contributed by atoms with Crippen molar-refractivity contribution in [2.45, 2.75) is 18.9 Å². The number of hydrogen-bond acceptors (Lipinski definition) is 3. The molecule has 0 radical (unpaired) electrons. The second-order valence-electron chi connectivity index (χ2n) is 4.67. The van der Waals surface area contributed by atoms with Gasteiger partial charge in [0.15, 0.2) is 0 Å². The van der Waals surface area contributed by atoms with Crippen molar-refractivity contribution < 1.29 is 4.21 Å². The topological polar surface area (TPSA) is 42.0 Å². The molecule has 4 heteroatoms. The summed E-state index contributed by atoms with van der Waals surface area (Å²) in [7, 11) is -0.596. The van der Waals surface area contributed by atoms with Crippen LogP contribution in [0.3, 0.4) is 0 Å². The SMILES string of the molecule is O=S1CCC(Nc2cccc3cnccc23)CC1. The van der Waals surface area contributed by atoms with E-state index in [1.165, 1.54) is 5.39 Å². The minimum atomic E-state index is -0.596. The molecule has 0 amide bonds. The van der Waals surface area contributed by atoms with Crippen LogP contribution in [-0.4, -0.2) is 26.7 Å². The van der Waals surface area contributed by atoms with E-state index in [0.29, 0.717) is 6.04 Å². The molecule has 18 heavy (non-hydrogen) atoms. The zero-order valence-electron chi connectivity index (χ0n) is 10.1. The van der Waals surface area contributed by atoms with E-state index in [9.17, 15) is 4.21 Å². The molecule has 1 aliphatic heterocycles. The van der Waals surface area contributed by atoms with Gasteiger partial charge >= 0.3 is 0 Å². The van der Waals surface area contributed by atoms with Crippen LogP contribution in [0.2, 0.25) is 0 Å². The Labute approximate surface area is 109 Å². The van der Waals surface area contributed by atoms with Gasteiger partial charge in [-0.25, -0.2) is 0 Å². The Hall–Kier alpha value is -1.42. The summed E-state index contributed by atoms with van der Waals surface area (Å²) in [6.07, 6.45) is 5.70. The third-order valence-electron chi connectivity index (χ3n) is 3.43. The molecule has 2 aromatic rings. The lowest BCUT2D eigenvalue weighted by Gasteiger charge is -2.24. The van der Waals surface area contributed by atoms with Crippen LogP contribution >= 0.6 is 0 Å². The summed E-state index contributed by atoms with van der Waals surface area (Å²) in [6.45, 7) is 0.